The van der Waals surface area contributed by atoms with Crippen LogP contribution in [0.3, 0.4) is 0 Å². The Hall–Kier alpha value is -2.37. The second kappa shape index (κ2) is 6.82. The number of hydrogen-bond acceptors (Lipinski definition) is 3. The number of aromatic amines is 1. The van der Waals surface area contributed by atoms with Crippen LogP contribution in [0.25, 0.3) is 11.0 Å². The summed E-state index contributed by atoms with van der Waals surface area (Å²) in [4.78, 5) is 35.4. The molecule has 1 N–H and O–H groups in total. The Balaban J connectivity index is 1.13. The highest BCUT2D eigenvalue weighted by atomic mass is 16.1. The van der Waals surface area contributed by atoms with Crippen molar-refractivity contribution in [2.24, 2.45) is 11.3 Å². The van der Waals surface area contributed by atoms with Gasteiger partial charge in [0.25, 0.3) is 0 Å². The van der Waals surface area contributed by atoms with E-state index in [9.17, 15) is 9.59 Å². The Bertz CT molecular complexity index is 981. The van der Waals surface area contributed by atoms with Crippen molar-refractivity contribution in [3.05, 3.63) is 29.6 Å². The molecule has 4 atom stereocenters. The number of hydrogen-bond donors (Lipinski definition) is 1. The largest absolute Gasteiger partial charge is 0.342 e. The maximum Gasteiger partial charge on any atom is 0.210 e. The van der Waals surface area contributed by atoms with E-state index in [0.717, 1.165) is 68.3 Å². The summed E-state index contributed by atoms with van der Waals surface area (Å²) in [6, 6.07) is 7.45. The smallest absolute Gasteiger partial charge is 0.210 e. The average Bonchev–Trinajstić information content (AvgIpc) is 3.17. The van der Waals surface area contributed by atoms with Gasteiger partial charge in [0, 0.05) is 18.6 Å². The number of carbonyl (C=O) groups is 2. The highest BCUT2D eigenvalue weighted by Crippen LogP contribution is 2.55. The number of carbonyl (C=O) groups excluding carboxylic acids is 2. The van der Waals surface area contributed by atoms with E-state index < -0.39 is 0 Å². The van der Waals surface area contributed by atoms with Gasteiger partial charge in [-0.05, 0) is 86.8 Å². The Morgan fingerprint density at radius 2 is 2.10 bits per heavy atom. The Labute approximate surface area is 177 Å². The highest BCUT2D eigenvalue weighted by molar-refractivity contribution is 5.76. The van der Waals surface area contributed by atoms with Gasteiger partial charge < -0.3 is 14.8 Å². The monoisotopic (exact) mass is 406 g/mol. The van der Waals surface area contributed by atoms with E-state index >= 15 is 0 Å². The van der Waals surface area contributed by atoms with Crippen LogP contribution in [0.5, 0.6) is 0 Å². The average molecular weight is 407 g/mol. The number of amides is 2. The number of aromatic nitrogens is 2. The fraction of sp³-hybridized carbons (Fsp3) is 0.625. The van der Waals surface area contributed by atoms with Crippen LogP contribution in [0.2, 0.25) is 0 Å². The molecule has 6 rings (SSSR count). The van der Waals surface area contributed by atoms with Crippen molar-refractivity contribution in [2.75, 3.05) is 6.54 Å². The topological polar surface area (TPSA) is 69.3 Å². The molecule has 1 spiro atoms. The molecule has 2 aromatic rings. The van der Waals surface area contributed by atoms with Gasteiger partial charge in [-0.2, -0.15) is 0 Å². The van der Waals surface area contributed by atoms with Crippen molar-refractivity contribution in [1.82, 2.24) is 19.8 Å². The van der Waals surface area contributed by atoms with E-state index in [0.29, 0.717) is 23.4 Å². The van der Waals surface area contributed by atoms with Gasteiger partial charge in [-0.3, -0.25) is 9.59 Å². The molecule has 2 saturated carbocycles. The third-order valence-corrected chi connectivity index (χ3v) is 8.35. The maximum absolute atomic E-state index is 11.6. The number of piperidine rings is 1. The number of imidazole rings is 1. The number of fused-ring (bicyclic) bond motifs is 3. The zero-order chi connectivity index (χ0) is 20.3. The first-order valence-electron chi connectivity index (χ1n) is 11.6. The maximum atomic E-state index is 11.6. The number of rotatable bonds is 7. The molecule has 2 unspecified atom stereocenters. The molecule has 1 aromatic carbocycles. The minimum Gasteiger partial charge on any atom is -0.342 e. The molecule has 6 heteroatoms. The Morgan fingerprint density at radius 1 is 1.20 bits per heavy atom. The van der Waals surface area contributed by atoms with Crippen molar-refractivity contribution < 1.29 is 9.59 Å². The van der Waals surface area contributed by atoms with Gasteiger partial charge in [0.05, 0.1) is 17.1 Å². The van der Waals surface area contributed by atoms with Gasteiger partial charge in [0.2, 0.25) is 12.8 Å². The fourth-order valence-corrected chi connectivity index (χ4v) is 6.58. The number of nitrogens with zero attached hydrogens (tertiary/aromatic N) is 3. The zero-order valence-corrected chi connectivity index (χ0v) is 17.4. The van der Waals surface area contributed by atoms with Crippen LogP contribution >= 0.6 is 0 Å². The van der Waals surface area contributed by atoms with Gasteiger partial charge in [-0.25, -0.2) is 4.98 Å². The Morgan fingerprint density at radius 3 is 2.90 bits per heavy atom. The summed E-state index contributed by atoms with van der Waals surface area (Å²) >= 11 is 0. The van der Waals surface area contributed by atoms with Gasteiger partial charge in [0.15, 0.2) is 0 Å². The standard InChI is InChI=1S/C24H30N4O2/c29-14-27-13-24(8-9-24)12-19(27)3-1-2-16-4-7-20-21(10-16)26-23(25-20)22-17-5-6-18(11-17)28(22)15-30/h4,7,10,14-15,17-19,22H,1-3,5-6,8-9,11-13H2,(H,25,26)/t17?,18?,19-,22+/m1/s1. The Kier molecular flexibility index (Phi) is 4.19. The summed E-state index contributed by atoms with van der Waals surface area (Å²) in [6.45, 7) is 0.977. The molecular weight excluding hydrogens is 376 g/mol. The van der Waals surface area contributed by atoms with Crippen molar-refractivity contribution in [3.8, 4) is 0 Å². The molecule has 158 valence electrons. The van der Waals surface area contributed by atoms with Crippen LogP contribution in [0.15, 0.2) is 18.2 Å². The minimum atomic E-state index is 0.114. The third kappa shape index (κ3) is 2.95. The van der Waals surface area contributed by atoms with Crippen molar-refractivity contribution in [3.63, 3.8) is 0 Å². The van der Waals surface area contributed by atoms with E-state index in [1.165, 1.54) is 31.2 Å². The normalized spacial score (nSPS) is 31.2. The van der Waals surface area contributed by atoms with Gasteiger partial charge >= 0.3 is 0 Å². The first kappa shape index (κ1) is 18.4. The van der Waals surface area contributed by atoms with Crippen molar-refractivity contribution in [1.29, 1.82) is 0 Å². The molecule has 2 amide bonds. The molecule has 2 bridgehead atoms. The molecule has 2 aliphatic carbocycles. The molecule has 2 saturated heterocycles. The first-order valence-corrected chi connectivity index (χ1v) is 11.6. The molecule has 4 fully saturated rings. The van der Waals surface area contributed by atoms with Gasteiger partial charge in [0.1, 0.15) is 5.82 Å². The van der Waals surface area contributed by atoms with Crippen LogP contribution in [0.4, 0.5) is 0 Å². The number of aryl methyl sites for hydroxylation is 1. The van der Waals surface area contributed by atoms with E-state index in [2.05, 4.69) is 23.2 Å². The molecular formula is C24H30N4O2. The summed E-state index contributed by atoms with van der Waals surface area (Å²) in [5.74, 6) is 1.49. The molecule has 3 heterocycles. The lowest BCUT2D eigenvalue weighted by Gasteiger charge is -2.30. The van der Waals surface area contributed by atoms with E-state index in [4.69, 9.17) is 4.98 Å². The van der Waals surface area contributed by atoms with E-state index in [1.54, 1.807) is 0 Å². The van der Waals surface area contributed by atoms with Crippen molar-refractivity contribution in [2.45, 2.75) is 75.9 Å². The molecule has 1 aromatic heterocycles. The third-order valence-electron chi connectivity index (χ3n) is 8.35. The predicted molar refractivity (Wildman–Crippen MR) is 114 cm³/mol. The summed E-state index contributed by atoms with van der Waals surface area (Å²) in [5.41, 5.74) is 3.85. The summed E-state index contributed by atoms with van der Waals surface area (Å²) in [6.07, 6.45) is 12.5. The number of benzene rings is 1. The molecule has 6 nitrogen and oxygen atoms in total. The lowest BCUT2D eigenvalue weighted by molar-refractivity contribution is -0.122. The minimum absolute atomic E-state index is 0.114. The number of likely N-dealkylation sites (tertiary alicyclic amines) is 2. The summed E-state index contributed by atoms with van der Waals surface area (Å²) in [5, 5.41) is 0. The van der Waals surface area contributed by atoms with E-state index in [-0.39, 0.29) is 6.04 Å². The van der Waals surface area contributed by atoms with Crippen molar-refractivity contribution >= 4 is 23.9 Å². The molecule has 4 aliphatic rings. The molecule has 30 heavy (non-hydrogen) atoms. The summed E-state index contributed by atoms with van der Waals surface area (Å²) < 4.78 is 0. The van der Waals surface area contributed by atoms with Gasteiger partial charge in [-0.15, -0.1) is 0 Å². The molecule has 2 aliphatic heterocycles. The predicted octanol–water partition coefficient (Wildman–Crippen LogP) is 3.58. The van der Waals surface area contributed by atoms with Gasteiger partial charge in [-0.1, -0.05) is 6.07 Å². The quantitative estimate of drug-likeness (QED) is 0.715. The second-order valence-electron chi connectivity index (χ2n) is 10.2. The lowest BCUT2D eigenvalue weighted by atomic mass is 9.98. The first-order chi connectivity index (χ1) is 14.7. The molecule has 0 radical (unpaired) electrons. The van der Waals surface area contributed by atoms with Crippen LogP contribution < -0.4 is 0 Å². The SMILES string of the molecule is O=CN1CC2(CC2)C[C@H]1CCCc1ccc2nc([C@@H]3C4CCC(C4)N3C=O)[nH]c2c1. The lowest BCUT2D eigenvalue weighted by Crippen LogP contribution is -2.34. The second-order valence-corrected chi connectivity index (χ2v) is 10.2. The number of nitrogens with one attached hydrogen (secondary N) is 1. The van der Waals surface area contributed by atoms with E-state index in [1.807, 2.05) is 9.80 Å². The van der Waals surface area contributed by atoms with Crippen LogP contribution in [-0.4, -0.2) is 51.2 Å². The fourth-order valence-electron chi connectivity index (χ4n) is 6.58. The van der Waals surface area contributed by atoms with Crippen LogP contribution in [-0.2, 0) is 16.0 Å². The van der Waals surface area contributed by atoms with Crippen LogP contribution in [0.1, 0.15) is 68.8 Å². The highest BCUT2D eigenvalue weighted by Gasteiger charge is 2.51. The zero-order valence-electron chi connectivity index (χ0n) is 17.4. The summed E-state index contributed by atoms with van der Waals surface area (Å²) in [7, 11) is 0. The number of H-pyrrole nitrogens is 1. The van der Waals surface area contributed by atoms with Crippen LogP contribution in [0, 0.1) is 11.3 Å².